The van der Waals surface area contributed by atoms with Crippen molar-refractivity contribution in [3.63, 3.8) is 0 Å². The lowest BCUT2D eigenvalue weighted by Gasteiger charge is -2.15. The van der Waals surface area contributed by atoms with Gasteiger partial charge in [-0.15, -0.1) is 0 Å². The molecule has 0 aliphatic carbocycles. The van der Waals surface area contributed by atoms with Gasteiger partial charge in [-0.05, 0) is 32.4 Å². The maximum atomic E-state index is 5.43. The van der Waals surface area contributed by atoms with Crippen LogP contribution in [-0.4, -0.2) is 16.3 Å². The Kier molecular flexibility index (Phi) is 4.80. The summed E-state index contributed by atoms with van der Waals surface area (Å²) in [6.45, 7) is 8.25. The van der Waals surface area contributed by atoms with Crippen molar-refractivity contribution in [2.24, 2.45) is 0 Å². The minimum atomic E-state index is 0.169. The first-order chi connectivity index (χ1) is 9.24. The lowest BCUT2D eigenvalue weighted by atomic mass is 10.0. The molecule has 2 heterocycles. The molecule has 0 fully saturated rings. The first-order valence-corrected chi connectivity index (χ1v) is 7.05. The van der Waals surface area contributed by atoms with Gasteiger partial charge < -0.3 is 9.73 Å². The normalized spacial score (nSPS) is 12.8. The number of aryl methyl sites for hydroxylation is 2. The van der Waals surface area contributed by atoms with Crippen LogP contribution in [0.2, 0.25) is 0 Å². The number of nitrogens with zero attached hydrogens (tertiary/aromatic N) is 2. The lowest BCUT2D eigenvalue weighted by Crippen LogP contribution is -2.22. The van der Waals surface area contributed by atoms with Crippen LogP contribution in [-0.2, 0) is 6.54 Å². The van der Waals surface area contributed by atoms with E-state index in [4.69, 9.17) is 4.42 Å². The molecule has 4 nitrogen and oxygen atoms in total. The second-order valence-electron chi connectivity index (χ2n) is 4.91. The Bertz CT molecular complexity index is 501. The van der Waals surface area contributed by atoms with Crippen LogP contribution in [0.25, 0.3) is 0 Å². The standard InChI is InChI=1S/C15H23N3O/c1-4-6-16-15(13-8-12(3)19-11-13)14-9-17-18(10-14)7-5-2/h8-11,15-16H,4-7H2,1-3H3. The molecule has 0 saturated heterocycles. The van der Waals surface area contributed by atoms with Gasteiger partial charge >= 0.3 is 0 Å². The third-order valence-corrected chi connectivity index (χ3v) is 3.12. The smallest absolute Gasteiger partial charge is 0.101 e. The Morgan fingerprint density at radius 3 is 2.79 bits per heavy atom. The zero-order chi connectivity index (χ0) is 13.7. The average Bonchev–Trinajstić information content (AvgIpc) is 3.01. The molecule has 0 aromatic carbocycles. The molecule has 19 heavy (non-hydrogen) atoms. The molecule has 0 saturated carbocycles. The summed E-state index contributed by atoms with van der Waals surface area (Å²) in [6.07, 6.45) is 8.11. The summed E-state index contributed by atoms with van der Waals surface area (Å²) in [5, 5.41) is 7.97. The van der Waals surface area contributed by atoms with E-state index in [1.807, 2.05) is 24.1 Å². The predicted molar refractivity (Wildman–Crippen MR) is 76.1 cm³/mol. The van der Waals surface area contributed by atoms with Gasteiger partial charge in [-0.25, -0.2) is 0 Å². The molecular formula is C15H23N3O. The Balaban J connectivity index is 2.20. The van der Waals surface area contributed by atoms with Crippen LogP contribution in [0.5, 0.6) is 0 Å². The number of hydrogen-bond acceptors (Lipinski definition) is 3. The van der Waals surface area contributed by atoms with Gasteiger partial charge in [0.25, 0.3) is 0 Å². The SMILES string of the molecule is CCCNC(c1coc(C)c1)c1cnn(CCC)c1. The first kappa shape index (κ1) is 13.9. The van der Waals surface area contributed by atoms with Crippen molar-refractivity contribution in [3.8, 4) is 0 Å². The minimum Gasteiger partial charge on any atom is -0.469 e. The van der Waals surface area contributed by atoms with Crippen molar-refractivity contribution in [2.45, 2.75) is 46.2 Å². The van der Waals surface area contributed by atoms with Gasteiger partial charge in [0.1, 0.15) is 5.76 Å². The van der Waals surface area contributed by atoms with E-state index in [2.05, 4.69) is 36.5 Å². The molecule has 0 spiro atoms. The van der Waals surface area contributed by atoms with E-state index in [0.29, 0.717) is 0 Å². The molecule has 0 amide bonds. The second kappa shape index (κ2) is 6.57. The van der Waals surface area contributed by atoms with Gasteiger partial charge in [-0.2, -0.15) is 5.10 Å². The molecule has 0 radical (unpaired) electrons. The van der Waals surface area contributed by atoms with Crippen molar-refractivity contribution >= 4 is 0 Å². The molecule has 1 unspecified atom stereocenters. The summed E-state index contributed by atoms with van der Waals surface area (Å²) >= 11 is 0. The molecule has 0 aliphatic rings. The van der Waals surface area contributed by atoms with Gasteiger partial charge in [0.15, 0.2) is 0 Å². The summed E-state index contributed by atoms with van der Waals surface area (Å²) in [5.41, 5.74) is 2.37. The predicted octanol–water partition coefficient (Wildman–Crippen LogP) is 3.28. The van der Waals surface area contributed by atoms with Crippen molar-refractivity contribution in [1.29, 1.82) is 0 Å². The summed E-state index contributed by atoms with van der Waals surface area (Å²) < 4.78 is 7.44. The van der Waals surface area contributed by atoms with Crippen LogP contribution in [0.1, 0.15) is 49.6 Å². The number of furan rings is 1. The highest BCUT2D eigenvalue weighted by Gasteiger charge is 2.17. The average molecular weight is 261 g/mol. The highest BCUT2D eigenvalue weighted by atomic mass is 16.3. The van der Waals surface area contributed by atoms with E-state index in [1.54, 1.807) is 0 Å². The Morgan fingerprint density at radius 2 is 2.16 bits per heavy atom. The van der Waals surface area contributed by atoms with Crippen molar-refractivity contribution in [3.05, 3.63) is 41.6 Å². The maximum absolute atomic E-state index is 5.43. The monoisotopic (exact) mass is 261 g/mol. The topological polar surface area (TPSA) is 43.0 Å². The fourth-order valence-electron chi connectivity index (χ4n) is 2.21. The molecule has 2 aromatic rings. The fourth-order valence-corrected chi connectivity index (χ4v) is 2.21. The van der Waals surface area contributed by atoms with Crippen molar-refractivity contribution < 1.29 is 4.42 Å². The third-order valence-electron chi connectivity index (χ3n) is 3.12. The van der Waals surface area contributed by atoms with Crippen LogP contribution in [0.3, 0.4) is 0 Å². The molecule has 2 aromatic heterocycles. The number of rotatable bonds is 7. The highest BCUT2D eigenvalue weighted by Crippen LogP contribution is 2.23. The van der Waals surface area contributed by atoms with Crippen LogP contribution < -0.4 is 5.32 Å². The van der Waals surface area contributed by atoms with Crippen LogP contribution in [0.15, 0.2) is 29.1 Å². The van der Waals surface area contributed by atoms with Crippen LogP contribution in [0.4, 0.5) is 0 Å². The summed E-state index contributed by atoms with van der Waals surface area (Å²) in [7, 11) is 0. The van der Waals surface area contributed by atoms with Gasteiger partial charge in [-0.1, -0.05) is 13.8 Å². The fraction of sp³-hybridized carbons (Fsp3) is 0.533. The Labute approximate surface area is 114 Å². The van der Waals surface area contributed by atoms with Gasteiger partial charge in [0.2, 0.25) is 0 Å². The second-order valence-corrected chi connectivity index (χ2v) is 4.91. The minimum absolute atomic E-state index is 0.169. The number of nitrogens with one attached hydrogen (secondary N) is 1. The quantitative estimate of drug-likeness (QED) is 0.831. The molecule has 0 aliphatic heterocycles. The maximum Gasteiger partial charge on any atom is 0.101 e. The Hall–Kier alpha value is -1.55. The molecular weight excluding hydrogens is 238 g/mol. The largest absolute Gasteiger partial charge is 0.469 e. The summed E-state index contributed by atoms with van der Waals surface area (Å²) in [4.78, 5) is 0. The van der Waals surface area contributed by atoms with Crippen LogP contribution >= 0.6 is 0 Å². The molecule has 0 bridgehead atoms. The number of aromatic nitrogens is 2. The third kappa shape index (κ3) is 3.47. The van der Waals surface area contributed by atoms with E-state index < -0.39 is 0 Å². The highest BCUT2D eigenvalue weighted by molar-refractivity contribution is 5.27. The van der Waals surface area contributed by atoms with E-state index >= 15 is 0 Å². The summed E-state index contributed by atoms with van der Waals surface area (Å²) in [5.74, 6) is 0.944. The lowest BCUT2D eigenvalue weighted by molar-refractivity contribution is 0.523. The molecule has 1 N–H and O–H groups in total. The molecule has 104 valence electrons. The van der Waals surface area contributed by atoms with Gasteiger partial charge in [0, 0.05) is 23.9 Å². The molecule has 1 atom stereocenters. The van der Waals surface area contributed by atoms with E-state index in [0.717, 1.165) is 31.7 Å². The molecule has 4 heteroatoms. The van der Waals surface area contributed by atoms with Gasteiger partial charge in [0.05, 0.1) is 18.5 Å². The zero-order valence-electron chi connectivity index (χ0n) is 12.0. The van der Waals surface area contributed by atoms with Gasteiger partial charge in [-0.3, -0.25) is 4.68 Å². The molecule has 2 rings (SSSR count). The summed E-state index contributed by atoms with van der Waals surface area (Å²) in [6, 6.07) is 2.26. The van der Waals surface area contributed by atoms with Crippen molar-refractivity contribution in [1.82, 2.24) is 15.1 Å². The first-order valence-electron chi connectivity index (χ1n) is 7.05. The zero-order valence-corrected chi connectivity index (χ0v) is 12.0. The van der Waals surface area contributed by atoms with E-state index in [1.165, 1.54) is 11.1 Å². The Morgan fingerprint density at radius 1 is 1.32 bits per heavy atom. The number of hydrogen-bond donors (Lipinski definition) is 1. The van der Waals surface area contributed by atoms with Crippen molar-refractivity contribution in [2.75, 3.05) is 6.54 Å². The van der Waals surface area contributed by atoms with Crippen LogP contribution in [0, 0.1) is 6.92 Å². The van der Waals surface area contributed by atoms with E-state index in [9.17, 15) is 0 Å². The van der Waals surface area contributed by atoms with E-state index in [-0.39, 0.29) is 6.04 Å².